The van der Waals surface area contributed by atoms with Crippen LogP contribution < -0.4 is 5.32 Å². The topological polar surface area (TPSA) is 49.4 Å². The summed E-state index contributed by atoms with van der Waals surface area (Å²) in [4.78, 5) is 26.5. The van der Waals surface area contributed by atoms with Crippen molar-refractivity contribution in [1.29, 1.82) is 0 Å². The first-order valence-electron chi connectivity index (χ1n) is 7.41. The van der Waals surface area contributed by atoms with Gasteiger partial charge in [-0.2, -0.15) is 11.8 Å². The number of amides is 2. The van der Waals surface area contributed by atoms with E-state index >= 15 is 0 Å². The maximum Gasteiger partial charge on any atom is 0.245 e. The molecule has 1 saturated heterocycles. The Morgan fingerprint density at radius 3 is 2.45 bits per heavy atom. The van der Waals surface area contributed by atoms with Crippen LogP contribution >= 0.6 is 11.8 Å². The van der Waals surface area contributed by atoms with E-state index in [1.807, 2.05) is 37.4 Å². The molecule has 4 nitrogen and oxygen atoms in total. The van der Waals surface area contributed by atoms with Gasteiger partial charge < -0.3 is 10.2 Å². The molecule has 2 fully saturated rings. The van der Waals surface area contributed by atoms with Gasteiger partial charge in [-0.15, -0.1) is 0 Å². The van der Waals surface area contributed by atoms with E-state index in [2.05, 4.69) is 11.6 Å². The Bertz CT molecular complexity index is 394. The molecule has 1 unspecified atom stereocenters. The normalized spacial score (nSPS) is 26.8. The Balaban J connectivity index is 2.15. The molecule has 0 spiro atoms. The largest absolute Gasteiger partial charge is 0.344 e. The molecule has 1 saturated carbocycles. The zero-order chi connectivity index (χ0) is 15.0. The van der Waals surface area contributed by atoms with Crippen LogP contribution in [0.15, 0.2) is 0 Å². The van der Waals surface area contributed by atoms with Gasteiger partial charge in [0.15, 0.2) is 0 Å². The third-order valence-corrected chi connectivity index (χ3v) is 5.92. The summed E-state index contributed by atoms with van der Waals surface area (Å²) in [6.45, 7) is 7.36. The summed E-state index contributed by atoms with van der Waals surface area (Å²) in [5.74, 6) is 0.0799. The number of carbonyl (C=O) groups excluding carboxylic acids is 2. The van der Waals surface area contributed by atoms with Gasteiger partial charge in [-0.05, 0) is 24.5 Å². The second-order valence-corrected chi connectivity index (χ2v) is 8.39. The van der Waals surface area contributed by atoms with Gasteiger partial charge in [0.1, 0.15) is 6.04 Å². The van der Waals surface area contributed by atoms with Crippen LogP contribution in [0.2, 0.25) is 0 Å². The lowest BCUT2D eigenvalue weighted by molar-refractivity contribution is -0.137. The van der Waals surface area contributed by atoms with Gasteiger partial charge in [-0.25, -0.2) is 0 Å². The van der Waals surface area contributed by atoms with Crippen LogP contribution in [0, 0.1) is 5.41 Å². The summed E-state index contributed by atoms with van der Waals surface area (Å²) in [5, 5.41) is 2.90. The molecule has 2 rings (SSSR count). The molecule has 2 aliphatic rings. The van der Waals surface area contributed by atoms with Crippen molar-refractivity contribution < 1.29 is 9.59 Å². The Morgan fingerprint density at radius 1 is 1.35 bits per heavy atom. The summed E-state index contributed by atoms with van der Waals surface area (Å²) < 4.78 is 0.228. The average molecular weight is 298 g/mol. The van der Waals surface area contributed by atoms with Crippen LogP contribution in [0.5, 0.6) is 0 Å². The van der Waals surface area contributed by atoms with E-state index in [0.29, 0.717) is 13.0 Å². The summed E-state index contributed by atoms with van der Waals surface area (Å²) in [7, 11) is 0. The highest BCUT2D eigenvalue weighted by atomic mass is 32.2. The maximum atomic E-state index is 12.8. The van der Waals surface area contributed by atoms with E-state index in [4.69, 9.17) is 0 Å². The van der Waals surface area contributed by atoms with Crippen molar-refractivity contribution in [2.75, 3.05) is 19.3 Å². The Kier molecular flexibility index (Phi) is 4.38. The van der Waals surface area contributed by atoms with Crippen LogP contribution in [0.3, 0.4) is 0 Å². The summed E-state index contributed by atoms with van der Waals surface area (Å²) in [6, 6.07) is -0.406. The first-order valence-corrected chi connectivity index (χ1v) is 8.63. The average Bonchev–Trinajstić information content (AvgIpc) is 2.45. The molecule has 0 radical (unpaired) electrons. The zero-order valence-corrected chi connectivity index (χ0v) is 13.8. The summed E-state index contributed by atoms with van der Waals surface area (Å²) in [6.07, 6.45) is 6.16. The molecule has 1 aliphatic heterocycles. The second kappa shape index (κ2) is 5.58. The molecule has 5 heteroatoms. The highest BCUT2D eigenvalue weighted by Gasteiger charge is 2.43. The van der Waals surface area contributed by atoms with E-state index in [1.54, 1.807) is 0 Å². The second-order valence-electron chi connectivity index (χ2n) is 7.12. The van der Waals surface area contributed by atoms with Gasteiger partial charge in [0, 0.05) is 24.3 Å². The van der Waals surface area contributed by atoms with Crippen molar-refractivity contribution in [1.82, 2.24) is 10.2 Å². The molecule has 0 bridgehead atoms. The van der Waals surface area contributed by atoms with Gasteiger partial charge in [0.2, 0.25) is 11.8 Å². The monoisotopic (exact) mass is 298 g/mol. The first-order chi connectivity index (χ1) is 9.27. The van der Waals surface area contributed by atoms with Gasteiger partial charge in [-0.3, -0.25) is 9.59 Å². The van der Waals surface area contributed by atoms with Crippen molar-refractivity contribution in [3.05, 3.63) is 0 Å². The highest BCUT2D eigenvalue weighted by Crippen LogP contribution is 2.43. The minimum Gasteiger partial charge on any atom is -0.344 e. The Labute approximate surface area is 126 Å². The quantitative estimate of drug-likeness (QED) is 0.867. The molecule has 2 amide bonds. The molecule has 0 aromatic heterocycles. The minimum atomic E-state index is -0.406. The molecule has 20 heavy (non-hydrogen) atoms. The Morgan fingerprint density at radius 2 is 2.00 bits per heavy atom. The SMILES string of the molecule is CSC1(CN2CCC(=O)NC(C(C)(C)C)C2=O)CCC1. The van der Waals surface area contributed by atoms with E-state index in [0.717, 1.165) is 6.54 Å². The predicted molar refractivity (Wildman–Crippen MR) is 82.7 cm³/mol. The van der Waals surface area contributed by atoms with Crippen molar-refractivity contribution in [2.45, 2.75) is 57.2 Å². The lowest BCUT2D eigenvalue weighted by Crippen LogP contribution is -2.55. The number of carbonyl (C=O) groups is 2. The van der Waals surface area contributed by atoms with Gasteiger partial charge in [0.25, 0.3) is 0 Å². The van der Waals surface area contributed by atoms with Crippen LogP contribution in [-0.2, 0) is 9.59 Å². The van der Waals surface area contributed by atoms with E-state index in [-0.39, 0.29) is 22.0 Å². The number of nitrogens with zero attached hydrogens (tertiary/aromatic N) is 1. The van der Waals surface area contributed by atoms with Crippen molar-refractivity contribution in [2.24, 2.45) is 5.41 Å². The number of hydrogen-bond donors (Lipinski definition) is 1. The van der Waals surface area contributed by atoms with Gasteiger partial charge >= 0.3 is 0 Å². The lowest BCUT2D eigenvalue weighted by atomic mass is 9.82. The van der Waals surface area contributed by atoms with Gasteiger partial charge in [0.05, 0.1) is 0 Å². The third kappa shape index (κ3) is 3.13. The molecule has 114 valence electrons. The number of hydrogen-bond acceptors (Lipinski definition) is 3. The maximum absolute atomic E-state index is 12.8. The van der Waals surface area contributed by atoms with E-state index in [9.17, 15) is 9.59 Å². The fourth-order valence-electron chi connectivity index (χ4n) is 2.91. The molecular weight excluding hydrogens is 272 g/mol. The summed E-state index contributed by atoms with van der Waals surface area (Å²) >= 11 is 1.87. The van der Waals surface area contributed by atoms with E-state index in [1.165, 1.54) is 19.3 Å². The summed E-state index contributed by atoms with van der Waals surface area (Å²) in [5.41, 5.74) is -0.249. The standard InChI is InChI=1S/C15H26N2O2S/c1-14(2,3)12-13(19)17(9-6-11(18)16-12)10-15(20-4)7-5-8-15/h12H,5-10H2,1-4H3,(H,16,18). The predicted octanol–water partition coefficient (Wildman–Crippen LogP) is 2.04. The van der Waals surface area contributed by atoms with Crippen LogP contribution in [-0.4, -0.2) is 46.8 Å². The molecule has 0 aromatic rings. The molecule has 1 atom stereocenters. The van der Waals surface area contributed by atoms with Crippen molar-refractivity contribution in [3.8, 4) is 0 Å². The fraction of sp³-hybridized carbons (Fsp3) is 0.867. The molecule has 0 aromatic carbocycles. The van der Waals surface area contributed by atoms with Crippen LogP contribution in [0.25, 0.3) is 0 Å². The van der Waals surface area contributed by atoms with Crippen LogP contribution in [0.4, 0.5) is 0 Å². The molecular formula is C15H26N2O2S. The number of nitrogens with one attached hydrogen (secondary N) is 1. The molecule has 1 aliphatic carbocycles. The van der Waals surface area contributed by atoms with Crippen molar-refractivity contribution in [3.63, 3.8) is 0 Å². The lowest BCUT2D eigenvalue weighted by Gasteiger charge is -2.44. The molecule has 1 N–H and O–H groups in total. The number of rotatable bonds is 3. The third-order valence-electron chi connectivity index (χ3n) is 4.52. The Hall–Kier alpha value is -0.710. The first kappa shape index (κ1) is 15.7. The number of thioether (sulfide) groups is 1. The van der Waals surface area contributed by atoms with Crippen molar-refractivity contribution >= 4 is 23.6 Å². The smallest absolute Gasteiger partial charge is 0.245 e. The van der Waals surface area contributed by atoms with Crippen LogP contribution in [0.1, 0.15) is 46.5 Å². The van der Waals surface area contributed by atoms with Gasteiger partial charge in [-0.1, -0.05) is 27.2 Å². The highest BCUT2D eigenvalue weighted by molar-refractivity contribution is 8.00. The van der Waals surface area contributed by atoms with E-state index < -0.39 is 6.04 Å². The molecule has 1 heterocycles. The zero-order valence-electron chi connectivity index (χ0n) is 13.0. The fourth-order valence-corrected chi connectivity index (χ4v) is 3.90. The minimum absolute atomic E-state index is 0.00686.